The molecule has 120 valence electrons. The maximum Gasteiger partial charge on any atom is 0.330 e. The van der Waals surface area contributed by atoms with Gasteiger partial charge in [-0.05, 0) is 40.8 Å². The van der Waals surface area contributed by atoms with Crippen LogP contribution in [0.5, 0.6) is 5.75 Å². The third kappa shape index (κ3) is 5.29. The molecule has 3 nitrogen and oxygen atoms in total. The highest BCUT2D eigenvalue weighted by Gasteiger charge is 2.00. The smallest absolute Gasteiger partial charge is 0.330 e. The summed E-state index contributed by atoms with van der Waals surface area (Å²) in [5.41, 5.74) is 3.21. The van der Waals surface area contributed by atoms with Crippen LogP contribution in [0.2, 0.25) is 0 Å². The Morgan fingerprint density at radius 1 is 1.00 bits per heavy atom. The fraction of sp³-hybridized carbons (Fsp3) is 0.250. The predicted molar refractivity (Wildman–Crippen MR) is 93.3 cm³/mol. The molecule has 2 aromatic carbocycles. The van der Waals surface area contributed by atoms with Gasteiger partial charge in [0.15, 0.2) is 0 Å². The van der Waals surface area contributed by atoms with Crippen LogP contribution in [0.1, 0.15) is 19.4 Å². The first-order valence-corrected chi connectivity index (χ1v) is 7.68. The van der Waals surface area contributed by atoms with Gasteiger partial charge in [0.25, 0.3) is 0 Å². The number of methoxy groups -OCH3 is 1. The second-order valence-corrected chi connectivity index (χ2v) is 5.71. The molecule has 0 bridgehead atoms. The average Bonchev–Trinajstić information content (AvgIpc) is 2.58. The highest BCUT2D eigenvalue weighted by Crippen LogP contribution is 2.23. The molecule has 0 heterocycles. The molecule has 0 saturated carbocycles. The Kier molecular flexibility index (Phi) is 5.98. The second-order valence-electron chi connectivity index (χ2n) is 5.71. The first-order valence-electron chi connectivity index (χ1n) is 7.68. The van der Waals surface area contributed by atoms with E-state index in [0.29, 0.717) is 5.92 Å². The standard InChI is InChI=1S/C20H22O3/c1-15(2)14-23-19-11-9-18(10-12-19)17-7-4-16(5-8-17)6-13-20(21)22-3/h4-13,15H,14H2,1-3H3. The molecule has 0 N–H and O–H groups in total. The molecule has 0 saturated heterocycles. The predicted octanol–water partition coefficient (Wildman–Crippen LogP) is 4.57. The molecule has 0 atom stereocenters. The number of hydrogen-bond acceptors (Lipinski definition) is 3. The van der Waals surface area contributed by atoms with E-state index in [-0.39, 0.29) is 5.97 Å². The van der Waals surface area contributed by atoms with E-state index in [1.165, 1.54) is 13.2 Å². The van der Waals surface area contributed by atoms with Crippen LogP contribution in [0.25, 0.3) is 17.2 Å². The van der Waals surface area contributed by atoms with Crippen molar-refractivity contribution in [1.82, 2.24) is 0 Å². The van der Waals surface area contributed by atoms with Gasteiger partial charge in [0.2, 0.25) is 0 Å². The Morgan fingerprint density at radius 2 is 1.57 bits per heavy atom. The van der Waals surface area contributed by atoms with Gasteiger partial charge in [0.1, 0.15) is 5.75 Å². The Hall–Kier alpha value is -2.55. The summed E-state index contributed by atoms with van der Waals surface area (Å²) in [6.07, 6.45) is 3.15. The molecule has 2 aromatic rings. The average molecular weight is 310 g/mol. The molecule has 0 amide bonds. The molecular formula is C20H22O3. The minimum absolute atomic E-state index is 0.355. The van der Waals surface area contributed by atoms with Crippen LogP contribution >= 0.6 is 0 Å². The molecule has 0 aliphatic rings. The van der Waals surface area contributed by atoms with Crippen molar-refractivity contribution in [2.75, 3.05) is 13.7 Å². The first-order chi connectivity index (χ1) is 11.1. The summed E-state index contributed by atoms with van der Waals surface area (Å²) < 4.78 is 10.3. The van der Waals surface area contributed by atoms with E-state index in [1.54, 1.807) is 6.08 Å². The fourth-order valence-corrected chi connectivity index (χ4v) is 2.03. The molecule has 0 fully saturated rings. The molecule has 23 heavy (non-hydrogen) atoms. The first kappa shape index (κ1) is 16.8. The number of esters is 1. The largest absolute Gasteiger partial charge is 0.493 e. The zero-order valence-corrected chi connectivity index (χ0v) is 13.8. The summed E-state index contributed by atoms with van der Waals surface area (Å²) in [5, 5.41) is 0. The lowest BCUT2D eigenvalue weighted by atomic mass is 10.0. The van der Waals surface area contributed by atoms with Crippen LogP contribution in [-0.2, 0) is 9.53 Å². The summed E-state index contributed by atoms with van der Waals surface area (Å²) in [6, 6.07) is 16.1. The molecule has 0 spiro atoms. The Morgan fingerprint density at radius 3 is 2.09 bits per heavy atom. The van der Waals surface area contributed by atoms with Crippen molar-refractivity contribution in [2.45, 2.75) is 13.8 Å². The monoisotopic (exact) mass is 310 g/mol. The van der Waals surface area contributed by atoms with Gasteiger partial charge in [-0.3, -0.25) is 0 Å². The van der Waals surface area contributed by atoms with Crippen LogP contribution in [0.3, 0.4) is 0 Å². The van der Waals surface area contributed by atoms with Crippen molar-refractivity contribution in [1.29, 1.82) is 0 Å². The third-order valence-corrected chi connectivity index (χ3v) is 3.29. The van der Waals surface area contributed by atoms with Crippen molar-refractivity contribution in [3.63, 3.8) is 0 Å². The van der Waals surface area contributed by atoms with Gasteiger partial charge >= 0.3 is 5.97 Å². The van der Waals surface area contributed by atoms with E-state index in [1.807, 2.05) is 36.4 Å². The van der Waals surface area contributed by atoms with Crippen LogP contribution in [0.15, 0.2) is 54.6 Å². The van der Waals surface area contributed by atoms with Gasteiger partial charge in [0, 0.05) is 6.08 Å². The highest BCUT2D eigenvalue weighted by atomic mass is 16.5. The van der Waals surface area contributed by atoms with E-state index in [2.05, 4.69) is 30.7 Å². The van der Waals surface area contributed by atoms with Gasteiger partial charge < -0.3 is 9.47 Å². The van der Waals surface area contributed by atoms with E-state index >= 15 is 0 Å². The van der Waals surface area contributed by atoms with E-state index in [4.69, 9.17) is 4.74 Å². The quantitative estimate of drug-likeness (QED) is 0.579. The number of benzene rings is 2. The molecule has 2 rings (SSSR count). The minimum Gasteiger partial charge on any atom is -0.493 e. The topological polar surface area (TPSA) is 35.5 Å². The van der Waals surface area contributed by atoms with E-state index in [0.717, 1.165) is 29.0 Å². The minimum atomic E-state index is -0.355. The number of rotatable bonds is 6. The SMILES string of the molecule is COC(=O)C=Cc1ccc(-c2ccc(OCC(C)C)cc2)cc1. The van der Waals surface area contributed by atoms with Crippen molar-refractivity contribution < 1.29 is 14.3 Å². The summed E-state index contributed by atoms with van der Waals surface area (Å²) in [5.74, 6) is 1.05. The summed E-state index contributed by atoms with van der Waals surface area (Å²) in [7, 11) is 1.37. The number of carbonyl (C=O) groups is 1. The maximum atomic E-state index is 11.1. The van der Waals surface area contributed by atoms with Gasteiger partial charge in [-0.1, -0.05) is 50.2 Å². The number of ether oxygens (including phenoxy) is 2. The Balaban J connectivity index is 2.04. The molecule has 0 aromatic heterocycles. The van der Waals surface area contributed by atoms with Crippen molar-refractivity contribution >= 4 is 12.0 Å². The lowest BCUT2D eigenvalue weighted by molar-refractivity contribution is -0.134. The molecule has 0 aliphatic carbocycles. The molecule has 3 heteroatoms. The van der Waals surface area contributed by atoms with Gasteiger partial charge in [0.05, 0.1) is 13.7 Å². The van der Waals surface area contributed by atoms with Gasteiger partial charge in [-0.15, -0.1) is 0 Å². The van der Waals surface area contributed by atoms with Crippen molar-refractivity contribution in [3.05, 3.63) is 60.2 Å². The number of carbonyl (C=O) groups excluding carboxylic acids is 1. The maximum absolute atomic E-state index is 11.1. The highest BCUT2D eigenvalue weighted by molar-refractivity contribution is 5.87. The van der Waals surface area contributed by atoms with Gasteiger partial charge in [-0.2, -0.15) is 0 Å². The van der Waals surface area contributed by atoms with Gasteiger partial charge in [-0.25, -0.2) is 4.79 Å². The third-order valence-electron chi connectivity index (χ3n) is 3.29. The zero-order chi connectivity index (χ0) is 16.7. The van der Waals surface area contributed by atoms with E-state index in [9.17, 15) is 4.79 Å². The molecule has 0 unspecified atom stereocenters. The molecule has 0 radical (unpaired) electrons. The Labute approximate surface area is 137 Å². The normalized spacial score (nSPS) is 11.0. The van der Waals surface area contributed by atoms with E-state index < -0.39 is 0 Å². The second kappa shape index (κ2) is 8.18. The Bertz CT molecular complexity index is 652. The van der Waals surface area contributed by atoms with Crippen LogP contribution in [0, 0.1) is 5.92 Å². The lowest BCUT2D eigenvalue weighted by Gasteiger charge is -2.09. The van der Waals surface area contributed by atoms with Crippen LogP contribution in [-0.4, -0.2) is 19.7 Å². The van der Waals surface area contributed by atoms with Crippen molar-refractivity contribution in [3.8, 4) is 16.9 Å². The molecular weight excluding hydrogens is 288 g/mol. The lowest BCUT2D eigenvalue weighted by Crippen LogP contribution is -2.04. The summed E-state index contributed by atoms with van der Waals surface area (Å²) in [6.45, 7) is 4.98. The number of hydrogen-bond donors (Lipinski definition) is 0. The van der Waals surface area contributed by atoms with Crippen molar-refractivity contribution in [2.24, 2.45) is 5.92 Å². The van der Waals surface area contributed by atoms with Crippen LogP contribution < -0.4 is 4.74 Å². The molecule has 0 aliphatic heterocycles. The summed E-state index contributed by atoms with van der Waals surface area (Å²) in [4.78, 5) is 11.1. The zero-order valence-electron chi connectivity index (χ0n) is 13.8. The summed E-state index contributed by atoms with van der Waals surface area (Å²) >= 11 is 0. The fourth-order valence-electron chi connectivity index (χ4n) is 2.03. The van der Waals surface area contributed by atoms with Crippen LogP contribution in [0.4, 0.5) is 0 Å².